The Labute approximate surface area is 184 Å². The molecule has 9 heteroatoms. The predicted molar refractivity (Wildman–Crippen MR) is 123 cm³/mol. The third kappa shape index (κ3) is 5.79. The molecule has 2 N–H and O–H groups in total. The van der Waals surface area contributed by atoms with Crippen LogP contribution in [0.4, 0.5) is 5.82 Å². The summed E-state index contributed by atoms with van der Waals surface area (Å²) in [7, 11) is 1.97. The van der Waals surface area contributed by atoms with Crippen molar-refractivity contribution in [3.8, 4) is 0 Å². The number of pyridine rings is 1. The summed E-state index contributed by atoms with van der Waals surface area (Å²) in [5.74, 6) is 3.68. The van der Waals surface area contributed by atoms with Gasteiger partial charge in [0, 0.05) is 38.4 Å². The molecule has 154 valence electrons. The van der Waals surface area contributed by atoms with Gasteiger partial charge in [-0.1, -0.05) is 6.07 Å². The highest BCUT2D eigenvalue weighted by molar-refractivity contribution is 14.0. The van der Waals surface area contributed by atoms with E-state index in [1.54, 1.807) is 0 Å². The first-order chi connectivity index (χ1) is 13.1. The minimum atomic E-state index is 0. The normalized spacial score (nSPS) is 15.3. The van der Waals surface area contributed by atoms with Gasteiger partial charge in [0.05, 0.1) is 0 Å². The highest BCUT2D eigenvalue weighted by Crippen LogP contribution is 2.18. The van der Waals surface area contributed by atoms with Crippen LogP contribution in [-0.4, -0.2) is 51.4 Å². The number of hydrogen-bond donors (Lipinski definition) is 2. The van der Waals surface area contributed by atoms with Crippen LogP contribution < -0.4 is 15.5 Å². The van der Waals surface area contributed by atoms with Gasteiger partial charge >= 0.3 is 0 Å². The number of nitrogens with one attached hydrogen (secondary N) is 2. The molecule has 0 radical (unpaired) electrons. The van der Waals surface area contributed by atoms with E-state index in [0.717, 1.165) is 61.6 Å². The van der Waals surface area contributed by atoms with E-state index >= 15 is 0 Å². The first-order valence-electron chi connectivity index (χ1n) is 9.65. The summed E-state index contributed by atoms with van der Waals surface area (Å²) >= 11 is 0. The number of nitrogens with zero attached hydrogens (tertiary/aromatic N) is 6. The number of anilines is 1. The maximum Gasteiger partial charge on any atom is 0.191 e. The van der Waals surface area contributed by atoms with Crippen molar-refractivity contribution in [1.29, 1.82) is 0 Å². The van der Waals surface area contributed by atoms with Crippen LogP contribution >= 0.6 is 24.0 Å². The molecule has 2 aromatic heterocycles. The number of guanidine groups is 1. The van der Waals surface area contributed by atoms with E-state index in [9.17, 15) is 0 Å². The fraction of sp³-hybridized carbons (Fsp3) is 0.579. The van der Waals surface area contributed by atoms with Crippen molar-refractivity contribution < 1.29 is 0 Å². The zero-order chi connectivity index (χ0) is 19.2. The van der Waals surface area contributed by atoms with Gasteiger partial charge in [-0.05, 0) is 45.7 Å². The highest BCUT2D eigenvalue weighted by Gasteiger charge is 2.21. The molecule has 1 fully saturated rings. The first kappa shape index (κ1) is 22.4. The average Bonchev–Trinajstić information content (AvgIpc) is 2.99. The summed E-state index contributed by atoms with van der Waals surface area (Å²) in [6, 6.07) is 6.61. The molecule has 3 heterocycles. The fourth-order valence-corrected chi connectivity index (χ4v) is 3.21. The Kier molecular flexibility index (Phi) is 8.46. The van der Waals surface area contributed by atoms with Gasteiger partial charge in [0.15, 0.2) is 11.8 Å². The van der Waals surface area contributed by atoms with Crippen LogP contribution in [0, 0.1) is 13.8 Å². The van der Waals surface area contributed by atoms with Gasteiger partial charge < -0.3 is 20.1 Å². The van der Waals surface area contributed by atoms with E-state index in [1.165, 1.54) is 0 Å². The van der Waals surface area contributed by atoms with Crippen LogP contribution in [-0.2, 0) is 13.6 Å². The molecule has 0 aromatic carbocycles. The molecular weight excluding hydrogens is 467 g/mol. The molecule has 0 atom stereocenters. The Balaban J connectivity index is 0.00000280. The van der Waals surface area contributed by atoms with E-state index in [0.29, 0.717) is 12.6 Å². The number of hydrogen-bond acceptors (Lipinski definition) is 5. The number of aliphatic imine (C=N–C) groups is 1. The quantitative estimate of drug-likeness (QED) is 0.374. The molecule has 0 saturated carbocycles. The summed E-state index contributed by atoms with van der Waals surface area (Å²) < 4.78 is 1.97. The Morgan fingerprint density at radius 3 is 2.57 bits per heavy atom. The van der Waals surface area contributed by atoms with Gasteiger partial charge in [-0.25, -0.2) is 9.98 Å². The standard InChI is InChI=1S/C19H30N8.HI/c1-5-20-19(21-13-18-25-24-15(3)26(18)4)23-16-9-11-27(12-10-16)17-8-6-7-14(2)22-17;/h6-8,16H,5,9-13H2,1-4H3,(H2,20,21,23);1H. The van der Waals surface area contributed by atoms with Gasteiger partial charge in [-0.2, -0.15) is 0 Å². The Morgan fingerprint density at radius 2 is 1.96 bits per heavy atom. The maximum absolute atomic E-state index is 4.69. The molecule has 0 aliphatic carbocycles. The number of aromatic nitrogens is 4. The molecule has 1 saturated heterocycles. The van der Waals surface area contributed by atoms with E-state index < -0.39 is 0 Å². The van der Waals surface area contributed by atoms with Crippen molar-refractivity contribution in [1.82, 2.24) is 30.4 Å². The SMILES string of the molecule is CCNC(=NCc1nnc(C)n1C)NC1CCN(c2cccc(C)n2)CC1.I. The summed E-state index contributed by atoms with van der Waals surface area (Å²) in [6.07, 6.45) is 2.12. The minimum Gasteiger partial charge on any atom is -0.357 e. The van der Waals surface area contributed by atoms with Crippen molar-refractivity contribution in [2.45, 2.75) is 46.2 Å². The predicted octanol–water partition coefficient (Wildman–Crippen LogP) is 2.17. The minimum absolute atomic E-state index is 0. The third-order valence-electron chi connectivity index (χ3n) is 4.94. The number of piperidine rings is 1. The zero-order valence-corrected chi connectivity index (χ0v) is 19.5. The Hall–Kier alpha value is -1.91. The van der Waals surface area contributed by atoms with Gasteiger partial charge in [0.2, 0.25) is 0 Å². The zero-order valence-electron chi connectivity index (χ0n) is 17.1. The lowest BCUT2D eigenvalue weighted by Gasteiger charge is -2.34. The van der Waals surface area contributed by atoms with Gasteiger partial charge in [-0.15, -0.1) is 34.2 Å². The maximum atomic E-state index is 4.69. The van der Waals surface area contributed by atoms with Crippen molar-refractivity contribution in [2.24, 2.45) is 12.0 Å². The van der Waals surface area contributed by atoms with Crippen molar-refractivity contribution >= 4 is 35.8 Å². The van der Waals surface area contributed by atoms with Crippen LogP contribution in [0.2, 0.25) is 0 Å². The molecule has 3 rings (SSSR count). The summed E-state index contributed by atoms with van der Waals surface area (Å²) in [5, 5.41) is 15.2. The van der Waals surface area contributed by atoms with Crippen molar-refractivity contribution in [3.63, 3.8) is 0 Å². The largest absolute Gasteiger partial charge is 0.357 e. The Morgan fingerprint density at radius 1 is 1.21 bits per heavy atom. The summed E-state index contributed by atoms with van der Waals surface area (Å²) in [6.45, 7) is 9.40. The van der Waals surface area contributed by atoms with E-state index in [2.05, 4.69) is 54.8 Å². The van der Waals surface area contributed by atoms with Crippen molar-refractivity contribution in [2.75, 3.05) is 24.5 Å². The van der Waals surface area contributed by atoms with Crippen LogP contribution in [0.25, 0.3) is 0 Å². The molecule has 2 aromatic rings. The average molecular weight is 498 g/mol. The molecule has 28 heavy (non-hydrogen) atoms. The number of rotatable bonds is 5. The lowest BCUT2D eigenvalue weighted by atomic mass is 10.1. The lowest BCUT2D eigenvalue weighted by molar-refractivity contribution is 0.459. The second-order valence-corrected chi connectivity index (χ2v) is 6.96. The monoisotopic (exact) mass is 498 g/mol. The van der Waals surface area contributed by atoms with E-state index in [-0.39, 0.29) is 24.0 Å². The Bertz CT molecular complexity index is 780. The molecule has 0 unspecified atom stereocenters. The number of aryl methyl sites for hydroxylation is 2. The highest BCUT2D eigenvalue weighted by atomic mass is 127. The molecule has 8 nitrogen and oxygen atoms in total. The first-order valence-corrected chi connectivity index (χ1v) is 9.65. The molecule has 0 amide bonds. The van der Waals surface area contributed by atoms with Gasteiger partial charge in [0.25, 0.3) is 0 Å². The van der Waals surface area contributed by atoms with Gasteiger partial charge in [-0.3, -0.25) is 0 Å². The second-order valence-electron chi connectivity index (χ2n) is 6.96. The smallest absolute Gasteiger partial charge is 0.191 e. The van der Waals surface area contributed by atoms with Crippen molar-refractivity contribution in [3.05, 3.63) is 35.5 Å². The second kappa shape index (κ2) is 10.6. The molecule has 0 spiro atoms. The molecule has 0 bridgehead atoms. The van der Waals surface area contributed by atoms with Gasteiger partial charge in [0.1, 0.15) is 18.2 Å². The third-order valence-corrected chi connectivity index (χ3v) is 4.94. The van der Waals surface area contributed by atoms with Crippen LogP contribution in [0.3, 0.4) is 0 Å². The van der Waals surface area contributed by atoms with Crippen LogP contribution in [0.5, 0.6) is 0 Å². The summed E-state index contributed by atoms with van der Waals surface area (Å²) in [4.78, 5) is 11.7. The molecule has 1 aliphatic rings. The van der Waals surface area contributed by atoms with E-state index in [4.69, 9.17) is 0 Å². The lowest BCUT2D eigenvalue weighted by Crippen LogP contribution is -2.49. The summed E-state index contributed by atoms with van der Waals surface area (Å²) in [5.41, 5.74) is 1.06. The number of halogens is 1. The van der Waals surface area contributed by atoms with Crippen LogP contribution in [0.15, 0.2) is 23.2 Å². The molecule has 1 aliphatic heterocycles. The fourth-order valence-electron chi connectivity index (χ4n) is 3.21. The van der Waals surface area contributed by atoms with E-state index in [1.807, 2.05) is 31.5 Å². The topological polar surface area (TPSA) is 83.3 Å². The molecular formula is C19H31IN8. The van der Waals surface area contributed by atoms with Crippen LogP contribution in [0.1, 0.15) is 37.1 Å².